The van der Waals surface area contributed by atoms with Crippen LogP contribution in [0, 0.1) is 0 Å². The molecular formula is C20H21N3O3. The van der Waals surface area contributed by atoms with E-state index >= 15 is 0 Å². The number of rotatable bonds is 5. The van der Waals surface area contributed by atoms with E-state index < -0.39 is 0 Å². The van der Waals surface area contributed by atoms with Crippen LogP contribution < -0.4 is 5.32 Å². The van der Waals surface area contributed by atoms with Crippen molar-refractivity contribution in [2.75, 3.05) is 13.1 Å². The zero-order valence-electron chi connectivity index (χ0n) is 14.4. The molecule has 1 aromatic carbocycles. The van der Waals surface area contributed by atoms with Crippen LogP contribution in [-0.4, -0.2) is 35.1 Å². The lowest BCUT2D eigenvalue weighted by Gasteiger charge is -2.32. The van der Waals surface area contributed by atoms with Gasteiger partial charge in [0.15, 0.2) is 11.5 Å². The topological polar surface area (TPSA) is 71.5 Å². The summed E-state index contributed by atoms with van der Waals surface area (Å²) < 4.78 is 10.7. The van der Waals surface area contributed by atoms with Crippen molar-refractivity contribution in [1.29, 1.82) is 0 Å². The molecule has 3 heterocycles. The molecule has 1 atom stereocenters. The van der Waals surface area contributed by atoms with E-state index in [0.29, 0.717) is 18.8 Å². The fourth-order valence-corrected chi connectivity index (χ4v) is 3.27. The Hall–Kier alpha value is -2.86. The number of benzene rings is 1. The molecule has 0 saturated carbocycles. The second-order valence-corrected chi connectivity index (χ2v) is 6.49. The Morgan fingerprint density at radius 3 is 2.92 bits per heavy atom. The van der Waals surface area contributed by atoms with E-state index in [0.717, 1.165) is 36.4 Å². The number of piperidine rings is 1. The largest absolute Gasteiger partial charge is 0.459 e. The standard InChI is InChI=1S/C20H21N3O3/c24-20(19-9-5-11-25-19)23-10-4-8-16(14-23)21-13-17-12-18(22-26-17)15-6-2-1-3-7-15/h1-3,5-7,9,11-12,16,21H,4,8,10,13-14H2. The predicted molar refractivity (Wildman–Crippen MR) is 96.4 cm³/mol. The van der Waals surface area contributed by atoms with Crippen molar-refractivity contribution >= 4 is 5.91 Å². The van der Waals surface area contributed by atoms with Crippen molar-refractivity contribution < 1.29 is 13.7 Å². The van der Waals surface area contributed by atoms with Crippen LogP contribution >= 0.6 is 0 Å². The van der Waals surface area contributed by atoms with Gasteiger partial charge in [0.05, 0.1) is 12.8 Å². The monoisotopic (exact) mass is 351 g/mol. The smallest absolute Gasteiger partial charge is 0.289 e. The summed E-state index contributed by atoms with van der Waals surface area (Å²) in [7, 11) is 0. The Morgan fingerprint density at radius 2 is 2.12 bits per heavy atom. The van der Waals surface area contributed by atoms with Crippen molar-refractivity contribution in [3.63, 3.8) is 0 Å². The number of hydrogen-bond acceptors (Lipinski definition) is 5. The molecule has 0 aliphatic carbocycles. The molecule has 26 heavy (non-hydrogen) atoms. The molecule has 1 fully saturated rings. The van der Waals surface area contributed by atoms with Crippen LogP contribution in [-0.2, 0) is 6.54 Å². The second kappa shape index (κ2) is 7.58. The predicted octanol–water partition coefficient (Wildman–Crippen LogP) is 3.33. The third kappa shape index (κ3) is 3.70. The Bertz CT molecular complexity index is 842. The molecule has 2 aromatic heterocycles. The van der Waals surface area contributed by atoms with E-state index in [-0.39, 0.29) is 11.9 Å². The molecule has 0 spiro atoms. The molecular weight excluding hydrogens is 330 g/mol. The number of nitrogens with zero attached hydrogens (tertiary/aromatic N) is 2. The molecule has 1 N–H and O–H groups in total. The SMILES string of the molecule is O=C(c1ccco1)N1CCCC(NCc2cc(-c3ccccc3)no2)C1. The van der Waals surface area contributed by atoms with Gasteiger partial charge in [-0.1, -0.05) is 35.5 Å². The number of furan rings is 1. The molecule has 1 amide bonds. The molecule has 134 valence electrons. The van der Waals surface area contributed by atoms with Crippen LogP contribution in [0.4, 0.5) is 0 Å². The number of hydrogen-bond donors (Lipinski definition) is 1. The maximum Gasteiger partial charge on any atom is 0.289 e. The lowest BCUT2D eigenvalue weighted by molar-refractivity contribution is 0.0661. The van der Waals surface area contributed by atoms with Gasteiger partial charge in [0.2, 0.25) is 0 Å². The van der Waals surface area contributed by atoms with Crippen molar-refractivity contribution in [2.24, 2.45) is 0 Å². The molecule has 3 aromatic rings. The normalized spacial score (nSPS) is 17.4. The third-order valence-corrected chi connectivity index (χ3v) is 4.63. The highest BCUT2D eigenvalue weighted by Gasteiger charge is 2.25. The van der Waals surface area contributed by atoms with Crippen molar-refractivity contribution in [1.82, 2.24) is 15.4 Å². The fraction of sp³-hybridized carbons (Fsp3) is 0.300. The van der Waals surface area contributed by atoms with Gasteiger partial charge in [0.25, 0.3) is 5.91 Å². The summed E-state index contributed by atoms with van der Waals surface area (Å²) in [6, 6.07) is 15.6. The number of amides is 1. The number of carbonyl (C=O) groups excluding carboxylic acids is 1. The van der Waals surface area contributed by atoms with E-state index in [9.17, 15) is 4.79 Å². The van der Waals surface area contributed by atoms with E-state index in [1.54, 1.807) is 12.1 Å². The zero-order valence-corrected chi connectivity index (χ0v) is 14.4. The highest BCUT2D eigenvalue weighted by Crippen LogP contribution is 2.19. The third-order valence-electron chi connectivity index (χ3n) is 4.63. The number of nitrogens with one attached hydrogen (secondary N) is 1. The van der Waals surface area contributed by atoms with Gasteiger partial charge in [-0.05, 0) is 25.0 Å². The highest BCUT2D eigenvalue weighted by molar-refractivity contribution is 5.91. The first-order valence-electron chi connectivity index (χ1n) is 8.87. The van der Waals surface area contributed by atoms with Crippen molar-refractivity contribution in [2.45, 2.75) is 25.4 Å². The summed E-state index contributed by atoms with van der Waals surface area (Å²) in [5.74, 6) is 1.14. The van der Waals surface area contributed by atoms with E-state index in [2.05, 4.69) is 10.5 Å². The van der Waals surface area contributed by atoms with Crippen molar-refractivity contribution in [3.05, 3.63) is 66.3 Å². The molecule has 4 rings (SSSR count). The quantitative estimate of drug-likeness (QED) is 0.763. The molecule has 1 unspecified atom stereocenters. The average molecular weight is 351 g/mol. The maximum atomic E-state index is 12.4. The van der Waals surface area contributed by atoms with Crippen LogP contribution in [0.2, 0.25) is 0 Å². The minimum Gasteiger partial charge on any atom is -0.459 e. The van der Waals surface area contributed by atoms with E-state index in [1.165, 1.54) is 6.26 Å². The average Bonchev–Trinajstić information content (AvgIpc) is 3.39. The van der Waals surface area contributed by atoms with E-state index in [4.69, 9.17) is 8.94 Å². The van der Waals surface area contributed by atoms with Crippen molar-refractivity contribution in [3.8, 4) is 11.3 Å². The van der Waals surface area contributed by atoms with Crippen LogP contribution in [0.5, 0.6) is 0 Å². The highest BCUT2D eigenvalue weighted by atomic mass is 16.5. The number of carbonyl (C=O) groups is 1. The number of aromatic nitrogens is 1. The van der Waals surface area contributed by atoms with Gasteiger partial charge < -0.3 is 19.2 Å². The van der Waals surface area contributed by atoms with Gasteiger partial charge in [-0.3, -0.25) is 4.79 Å². The Balaban J connectivity index is 1.33. The summed E-state index contributed by atoms with van der Waals surface area (Å²) in [6.07, 6.45) is 3.53. The first-order valence-corrected chi connectivity index (χ1v) is 8.87. The molecule has 0 radical (unpaired) electrons. The minimum atomic E-state index is -0.0486. The van der Waals surface area contributed by atoms with Gasteiger partial charge in [-0.2, -0.15) is 0 Å². The van der Waals surface area contributed by atoms with Crippen LogP contribution in [0.1, 0.15) is 29.2 Å². The Kier molecular flexibility index (Phi) is 4.84. The summed E-state index contributed by atoms with van der Waals surface area (Å²) in [5.41, 5.74) is 1.87. The lowest BCUT2D eigenvalue weighted by Crippen LogP contribution is -2.47. The Morgan fingerprint density at radius 1 is 1.23 bits per heavy atom. The fourth-order valence-electron chi connectivity index (χ4n) is 3.27. The molecule has 1 aliphatic rings. The molecule has 0 bridgehead atoms. The number of likely N-dealkylation sites (tertiary alicyclic amines) is 1. The molecule has 6 heteroatoms. The first kappa shape index (κ1) is 16.6. The zero-order chi connectivity index (χ0) is 17.8. The Labute approximate surface area is 151 Å². The molecule has 1 aliphatic heterocycles. The van der Waals surface area contributed by atoms with Crippen LogP contribution in [0.25, 0.3) is 11.3 Å². The van der Waals surface area contributed by atoms with Crippen LogP contribution in [0.3, 0.4) is 0 Å². The second-order valence-electron chi connectivity index (χ2n) is 6.49. The summed E-state index contributed by atoms with van der Waals surface area (Å²) >= 11 is 0. The summed E-state index contributed by atoms with van der Waals surface area (Å²) in [5, 5.41) is 7.61. The maximum absolute atomic E-state index is 12.4. The van der Waals surface area contributed by atoms with Gasteiger partial charge in [0, 0.05) is 30.8 Å². The molecule has 6 nitrogen and oxygen atoms in total. The van der Waals surface area contributed by atoms with Crippen LogP contribution in [0.15, 0.2) is 63.7 Å². The van der Waals surface area contributed by atoms with E-state index in [1.807, 2.05) is 41.3 Å². The summed E-state index contributed by atoms with van der Waals surface area (Å²) in [4.78, 5) is 14.3. The van der Waals surface area contributed by atoms with Gasteiger partial charge in [0.1, 0.15) is 5.69 Å². The minimum absolute atomic E-state index is 0.0486. The van der Waals surface area contributed by atoms with Gasteiger partial charge >= 0.3 is 0 Å². The lowest BCUT2D eigenvalue weighted by atomic mass is 10.1. The molecule has 1 saturated heterocycles. The van der Waals surface area contributed by atoms with Gasteiger partial charge in [-0.15, -0.1) is 0 Å². The van der Waals surface area contributed by atoms with Gasteiger partial charge in [-0.25, -0.2) is 0 Å². The summed E-state index contributed by atoms with van der Waals surface area (Å²) in [6.45, 7) is 2.02. The first-order chi connectivity index (χ1) is 12.8.